The Morgan fingerprint density at radius 1 is 1.43 bits per heavy atom. The lowest BCUT2D eigenvalue weighted by atomic mass is 9.98. The monoisotopic (exact) mass is 317 g/mol. The molecular weight excluding hydrogens is 290 g/mol. The standard InChI is InChI=1S/C18H27N3O2/c1-20(2)11-14-12-21(9-10-23-13-14)18(22)16-7-3-5-15-6-4-8-19-17(15)16/h3,5,7,14,19H,4,6,8-13H2,1-2H3/t14-/m0/s1. The highest BCUT2D eigenvalue weighted by Crippen LogP contribution is 2.27. The van der Waals surface area contributed by atoms with Crippen molar-refractivity contribution in [1.82, 2.24) is 9.80 Å². The first-order valence-corrected chi connectivity index (χ1v) is 8.52. The van der Waals surface area contributed by atoms with Gasteiger partial charge in [-0.3, -0.25) is 4.79 Å². The Labute approximate surface area is 138 Å². The van der Waals surface area contributed by atoms with E-state index in [4.69, 9.17) is 4.74 Å². The van der Waals surface area contributed by atoms with Gasteiger partial charge in [0.1, 0.15) is 0 Å². The van der Waals surface area contributed by atoms with Crippen molar-refractivity contribution in [3.8, 4) is 0 Å². The van der Waals surface area contributed by atoms with E-state index in [2.05, 4.69) is 30.4 Å². The normalized spacial score (nSPS) is 21.5. The number of hydrogen-bond acceptors (Lipinski definition) is 4. The minimum atomic E-state index is 0.130. The molecule has 0 spiro atoms. The number of benzene rings is 1. The summed E-state index contributed by atoms with van der Waals surface area (Å²) in [4.78, 5) is 17.2. The molecule has 0 aliphatic carbocycles. The predicted molar refractivity (Wildman–Crippen MR) is 92.0 cm³/mol. The van der Waals surface area contributed by atoms with Crippen molar-refractivity contribution in [2.24, 2.45) is 5.92 Å². The number of fused-ring (bicyclic) bond motifs is 1. The van der Waals surface area contributed by atoms with Gasteiger partial charge in [-0.2, -0.15) is 0 Å². The van der Waals surface area contributed by atoms with Crippen LogP contribution in [0.15, 0.2) is 18.2 Å². The van der Waals surface area contributed by atoms with Gasteiger partial charge in [-0.15, -0.1) is 0 Å². The van der Waals surface area contributed by atoms with Gasteiger partial charge in [0, 0.05) is 32.1 Å². The van der Waals surface area contributed by atoms with Crippen molar-refractivity contribution in [3.63, 3.8) is 0 Å². The summed E-state index contributed by atoms with van der Waals surface area (Å²) in [6.07, 6.45) is 2.18. The van der Waals surface area contributed by atoms with E-state index in [0.29, 0.717) is 19.1 Å². The number of nitrogens with zero attached hydrogens (tertiary/aromatic N) is 2. The number of nitrogens with one attached hydrogen (secondary N) is 1. The second kappa shape index (κ2) is 7.32. The average Bonchev–Trinajstić information content (AvgIpc) is 2.78. The molecule has 5 nitrogen and oxygen atoms in total. The van der Waals surface area contributed by atoms with Gasteiger partial charge in [0.25, 0.3) is 5.91 Å². The lowest BCUT2D eigenvalue weighted by Gasteiger charge is -2.27. The molecule has 3 rings (SSSR count). The molecule has 0 radical (unpaired) electrons. The molecular formula is C18H27N3O2. The summed E-state index contributed by atoms with van der Waals surface area (Å²) in [5, 5.41) is 3.42. The second-order valence-corrected chi connectivity index (χ2v) is 6.82. The molecule has 126 valence electrons. The Hall–Kier alpha value is -1.59. The van der Waals surface area contributed by atoms with Crippen LogP contribution < -0.4 is 5.32 Å². The van der Waals surface area contributed by atoms with Crippen molar-refractivity contribution in [2.45, 2.75) is 12.8 Å². The minimum Gasteiger partial charge on any atom is -0.384 e. The first kappa shape index (κ1) is 16.3. The third-order valence-corrected chi connectivity index (χ3v) is 4.55. The maximum Gasteiger partial charge on any atom is 0.256 e. The summed E-state index contributed by atoms with van der Waals surface area (Å²) in [7, 11) is 4.13. The summed E-state index contributed by atoms with van der Waals surface area (Å²) in [5.74, 6) is 0.495. The Bertz CT molecular complexity index is 559. The van der Waals surface area contributed by atoms with Gasteiger partial charge >= 0.3 is 0 Å². The number of anilines is 1. The molecule has 0 unspecified atom stereocenters. The van der Waals surface area contributed by atoms with Gasteiger partial charge in [0.2, 0.25) is 0 Å². The van der Waals surface area contributed by atoms with E-state index in [9.17, 15) is 4.79 Å². The third kappa shape index (κ3) is 3.85. The fraction of sp³-hybridized carbons (Fsp3) is 0.611. The van der Waals surface area contributed by atoms with E-state index in [1.165, 1.54) is 5.56 Å². The molecule has 0 aromatic heterocycles. The summed E-state index contributed by atoms with van der Waals surface area (Å²) in [6, 6.07) is 6.08. The molecule has 2 aliphatic heterocycles. The lowest BCUT2D eigenvalue weighted by molar-refractivity contribution is 0.0736. The van der Waals surface area contributed by atoms with Crippen LogP contribution in [0.1, 0.15) is 22.3 Å². The van der Waals surface area contributed by atoms with E-state index in [-0.39, 0.29) is 5.91 Å². The molecule has 0 saturated carbocycles. The Morgan fingerprint density at radius 3 is 3.13 bits per heavy atom. The molecule has 1 aromatic rings. The van der Waals surface area contributed by atoms with Crippen molar-refractivity contribution < 1.29 is 9.53 Å². The number of hydrogen-bond donors (Lipinski definition) is 1. The summed E-state index contributed by atoms with van der Waals surface area (Å²) in [6.45, 7) is 4.68. The number of para-hydroxylation sites is 1. The second-order valence-electron chi connectivity index (χ2n) is 6.82. The van der Waals surface area contributed by atoms with Crippen LogP contribution in [-0.4, -0.2) is 69.2 Å². The van der Waals surface area contributed by atoms with Gasteiger partial charge in [-0.1, -0.05) is 12.1 Å². The molecule has 2 aliphatic rings. The minimum absolute atomic E-state index is 0.130. The van der Waals surface area contributed by atoms with Crippen molar-refractivity contribution in [1.29, 1.82) is 0 Å². The van der Waals surface area contributed by atoms with E-state index >= 15 is 0 Å². The average molecular weight is 317 g/mol. The van der Waals surface area contributed by atoms with Crippen LogP contribution >= 0.6 is 0 Å². The number of rotatable bonds is 3. The van der Waals surface area contributed by atoms with Crippen LogP contribution in [0.5, 0.6) is 0 Å². The largest absolute Gasteiger partial charge is 0.384 e. The fourth-order valence-corrected chi connectivity index (χ4v) is 3.55. The Balaban J connectivity index is 1.79. The number of aryl methyl sites for hydroxylation is 1. The topological polar surface area (TPSA) is 44.8 Å². The van der Waals surface area contributed by atoms with Gasteiger partial charge in [0.05, 0.1) is 24.5 Å². The molecule has 1 saturated heterocycles. The van der Waals surface area contributed by atoms with E-state index < -0.39 is 0 Å². The Morgan fingerprint density at radius 2 is 2.30 bits per heavy atom. The SMILES string of the molecule is CN(C)C[C@@H]1COCCN(C(=O)c2cccc3c2NCCC3)C1. The smallest absolute Gasteiger partial charge is 0.256 e. The fourth-order valence-electron chi connectivity index (χ4n) is 3.55. The van der Waals surface area contributed by atoms with Crippen LogP contribution in [0.25, 0.3) is 0 Å². The zero-order valence-electron chi connectivity index (χ0n) is 14.2. The number of ether oxygens (including phenoxy) is 1. The highest BCUT2D eigenvalue weighted by molar-refractivity contribution is 6.00. The van der Waals surface area contributed by atoms with Crippen molar-refractivity contribution >= 4 is 11.6 Å². The molecule has 1 atom stereocenters. The number of amides is 1. The molecule has 2 heterocycles. The highest BCUT2D eigenvalue weighted by atomic mass is 16.5. The molecule has 23 heavy (non-hydrogen) atoms. The van der Waals surface area contributed by atoms with Gasteiger partial charge < -0.3 is 19.9 Å². The van der Waals surface area contributed by atoms with Crippen LogP contribution in [0.2, 0.25) is 0 Å². The molecule has 1 amide bonds. The maximum absolute atomic E-state index is 13.1. The molecule has 5 heteroatoms. The van der Waals surface area contributed by atoms with Crippen LogP contribution in [0.3, 0.4) is 0 Å². The number of carbonyl (C=O) groups excluding carboxylic acids is 1. The summed E-state index contributed by atoms with van der Waals surface area (Å²) < 4.78 is 5.70. The lowest BCUT2D eigenvalue weighted by Crippen LogP contribution is -2.39. The van der Waals surface area contributed by atoms with Crippen molar-refractivity contribution in [2.75, 3.05) is 58.8 Å². The van der Waals surface area contributed by atoms with Crippen LogP contribution in [0.4, 0.5) is 5.69 Å². The Kier molecular flexibility index (Phi) is 5.18. The zero-order chi connectivity index (χ0) is 16.2. The summed E-state index contributed by atoms with van der Waals surface area (Å²) in [5.41, 5.74) is 3.11. The molecule has 1 N–H and O–H groups in total. The summed E-state index contributed by atoms with van der Waals surface area (Å²) >= 11 is 0. The van der Waals surface area contributed by atoms with E-state index in [1.54, 1.807) is 0 Å². The number of carbonyl (C=O) groups is 1. The first-order valence-electron chi connectivity index (χ1n) is 8.52. The van der Waals surface area contributed by atoms with Gasteiger partial charge in [0.15, 0.2) is 0 Å². The van der Waals surface area contributed by atoms with Crippen molar-refractivity contribution in [3.05, 3.63) is 29.3 Å². The third-order valence-electron chi connectivity index (χ3n) is 4.55. The molecule has 0 bridgehead atoms. The van der Waals surface area contributed by atoms with E-state index in [1.807, 2.05) is 17.0 Å². The zero-order valence-corrected chi connectivity index (χ0v) is 14.2. The van der Waals surface area contributed by atoms with Crippen LogP contribution in [0, 0.1) is 5.92 Å². The molecule has 1 fully saturated rings. The quantitative estimate of drug-likeness (QED) is 0.921. The van der Waals surface area contributed by atoms with Gasteiger partial charge in [-0.05, 0) is 38.6 Å². The maximum atomic E-state index is 13.1. The van der Waals surface area contributed by atoms with Crippen LogP contribution in [-0.2, 0) is 11.2 Å². The predicted octanol–water partition coefficient (Wildman–Crippen LogP) is 1.69. The van der Waals surface area contributed by atoms with Gasteiger partial charge in [-0.25, -0.2) is 0 Å². The first-order chi connectivity index (χ1) is 11.1. The van der Waals surface area contributed by atoms with E-state index in [0.717, 1.165) is 50.3 Å². The highest BCUT2D eigenvalue weighted by Gasteiger charge is 2.26. The molecule has 1 aromatic carbocycles.